The van der Waals surface area contributed by atoms with E-state index in [1.165, 1.54) is 15.2 Å². The number of nitrogens with zero attached hydrogens (tertiary/aromatic N) is 3. The van der Waals surface area contributed by atoms with Crippen LogP contribution in [0, 0.1) is 11.3 Å². The van der Waals surface area contributed by atoms with E-state index in [2.05, 4.69) is 5.32 Å². The molecule has 154 valence electrons. The van der Waals surface area contributed by atoms with Crippen molar-refractivity contribution in [2.24, 2.45) is 14.1 Å². The lowest BCUT2D eigenvalue weighted by Crippen LogP contribution is -2.19. The van der Waals surface area contributed by atoms with E-state index in [-0.39, 0.29) is 22.0 Å². The summed E-state index contributed by atoms with van der Waals surface area (Å²) in [6.45, 7) is 0. The number of alkyl halides is 3. The second-order valence-electron chi connectivity index (χ2n) is 6.47. The third-order valence-corrected chi connectivity index (χ3v) is 4.84. The van der Waals surface area contributed by atoms with Gasteiger partial charge in [-0.25, -0.2) is 4.79 Å². The van der Waals surface area contributed by atoms with Crippen LogP contribution in [0.4, 0.5) is 18.9 Å². The van der Waals surface area contributed by atoms with Crippen molar-refractivity contribution in [3.8, 4) is 6.07 Å². The first-order valence-electron chi connectivity index (χ1n) is 8.48. The lowest BCUT2D eigenvalue weighted by molar-refractivity contribution is -0.137. The van der Waals surface area contributed by atoms with Crippen LogP contribution in [0.5, 0.6) is 0 Å². The van der Waals surface area contributed by atoms with Gasteiger partial charge in [-0.3, -0.25) is 13.9 Å². The van der Waals surface area contributed by atoms with Gasteiger partial charge in [-0.1, -0.05) is 17.7 Å². The minimum atomic E-state index is -4.61. The molecule has 0 saturated carbocycles. The van der Waals surface area contributed by atoms with Crippen molar-refractivity contribution >= 4 is 40.3 Å². The molecule has 3 rings (SSSR count). The molecule has 0 aliphatic carbocycles. The van der Waals surface area contributed by atoms with Crippen LogP contribution in [0.15, 0.2) is 46.8 Å². The van der Waals surface area contributed by atoms with E-state index in [1.54, 1.807) is 38.4 Å². The summed E-state index contributed by atoms with van der Waals surface area (Å²) in [5.74, 6) is -0.916. The number of nitrogens with one attached hydrogen (secondary N) is 1. The number of amides is 1. The van der Waals surface area contributed by atoms with Crippen LogP contribution in [0.25, 0.3) is 17.1 Å². The molecule has 0 spiro atoms. The highest BCUT2D eigenvalue weighted by atomic mass is 35.5. The van der Waals surface area contributed by atoms with Crippen molar-refractivity contribution in [3.63, 3.8) is 0 Å². The molecule has 0 bridgehead atoms. The molecule has 30 heavy (non-hydrogen) atoms. The highest BCUT2D eigenvalue weighted by Gasteiger charge is 2.31. The summed E-state index contributed by atoms with van der Waals surface area (Å²) < 4.78 is 41.6. The Labute approximate surface area is 173 Å². The Bertz CT molecular complexity index is 1300. The number of halogens is 4. The predicted molar refractivity (Wildman–Crippen MR) is 107 cm³/mol. The van der Waals surface area contributed by atoms with E-state index >= 15 is 0 Å². The maximum atomic E-state index is 12.9. The van der Waals surface area contributed by atoms with E-state index < -0.39 is 17.6 Å². The first kappa shape index (κ1) is 21.2. The number of benzene rings is 2. The number of carbonyl (C=O) groups excluding carboxylic acids is 1. The molecule has 0 fully saturated rings. The van der Waals surface area contributed by atoms with E-state index in [0.717, 1.165) is 12.1 Å². The van der Waals surface area contributed by atoms with Gasteiger partial charge >= 0.3 is 11.9 Å². The van der Waals surface area contributed by atoms with Gasteiger partial charge in [0.2, 0.25) is 0 Å². The summed E-state index contributed by atoms with van der Waals surface area (Å²) >= 11 is 5.88. The summed E-state index contributed by atoms with van der Waals surface area (Å²) in [6, 6.07) is 9.13. The number of hydrogen-bond donors (Lipinski definition) is 1. The largest absolute Gasteiger partial charge is 0.416 e. The van der Waals surface area contributed by atoms with Gasteiger partial charge in [0.05, 0.1) is 27.3 Å². The van der Waals surface area contributed by atoms with Crippen LogP contribution in [0.2, 0.25) is 5.02 Å². The molecular formula is C20H14ClF3N4O2. The molecule has 0 saturated heterocycles. The Morgan fingerprint density at radius 3 is 2.43 bits per heavy atom. The zero-order valence-corrected chi connectivity index (χ0v) is 16.5. The van der Waals surface area contributed by atoms with Gasteiger partial charge < -0.3 is 5.32 Å². The number of carbonyl (C=O) groups is 1. The number of nitriles is 1. The Morgan fingerprint density at radius 1 is 1.13 bits per heavy atom. The molecule has 3 aromatic rings. The van der Waals surface area contributed by atoms with Crippen LogP contribution < -0.4 is 11.0 Å². The Kier molecular flexibility index (Phi) is 5.46. The van der Waals surface area contributed by atoms with Crippen molar-refractivity contribution in [2.45, 2.75) is 6.18 Å². The molecule has 1 aromatic heterocycles. The number of rotatable bonds is 3. The van der Waals surface area contributed by atoms with E-state index in [4.69, 9.17) is 11.6 Å². The summed E-state index contributed by atoms with van der Waals surface area (Å²) in [6.07, 6.45) is -3.34. The quantitative estimate of drug-likeness (QED) is 0.498. The Hall–Kier alpha value is -3.51. The fourth-order valence-corrected chi connectivity index (χ4v) is 3.08. The second kappa shape index (κ2) is 7.72. The molecule has 1 heterocycles. The molecule has 0 aliphatic heterocycles. The van der Waals surface area contributed by atoms with Crippen LogP contribution in [0.3, 0.4) is 0 Å². The van der Waals surface area contributed by atoms with Crippen LogP contribution in [0.1, 0.15) is 11.1 Å². The van der Waals surface area contributed by atoms with E-state index in [9.17, 15) is 28.0 Å². The molecule has 0 radical (unpaired) electrons. The summed E-state index contributed by atoms with van der Waals surface area (Å²) in [5.41, 5.74) is -0.107. The Morgan fingerprint density at radius 2 is 1.80 bits per heavy atom. The average Bonchev–Trinajstić information content (AvgIpc) is 2.90. The monoisotopic (exact) mass is 434 g/mol. The molecule has 1 amide bonds. The second-order valence-corrected chi connectivity index (χ2v) is 6.87. The first-order valence-corrected chi connectivity index (χ1v) is 8.86. The highest BCUT2D eigenvalue weighted by Crippen LogP contribution is 2.34. The van der Waals surface area contributed by atoms with Gasteiger partial charge in [-0.2, -0.15) is 18.4 Å². The minimum Gasteiger partial charge on any atom is -0.320 e. The standard InChI is InChI=1S/C20H14ClF3N4O2/c1-27-16-6-3-11(8-17(16)28(2)19(27)30)7-12(10-25)18(29)26-15-9-13(20(22,23)24)4-5-14(15)21/h3-9H,1-2H3,(H,26,29). The zero-order valence-electron chi connectivity index (χ0n) is 15.7. The normalized spacial score (nSPS) is 12.1. The third kappa shape index (κ3) is 3.95. The van der Waals surface area contributed by atoms with Gasteiger partial charge in [0.1, 0.15) is 11.6 Å². The predicted octanol–water partition coefficient (Wildman–Crippen LogP) is 4.09. The van der Waals surface area contributed by atoms with Gasteiger partial charge in [0.25, 0.3) is 5.91 Å². The smallest absolute Gasteiger partial charge is 0.320 e. The molecule has 0 atom stereocenters. The fraction of sp³-hybridized carbons (Fsp3) is 0.150. The van der Waals surface area contributed by atoms with E-state index in [0.29, 0.717) is 22.7 Å². The maximum Gasteiger partial charge on any atom is 0.416 e. The Balaban J connectivity index is 1.95. The van der Waals surface area contributed by atoms with Gasteiger partial charge in [0, 0.05) is 14.1 Å². The van der Waals surface area contributed by atoms with Gasteiger partial charge in [0.15, 0.2) is 0 Å². The van der Waals surface area contributed by atoms with Crippen molar-refractivity contribution in [2.75, 3.05) is 5.32 Å². The summed E-state index contributed by atoms with van der Waals surface area (Å²) in [5, 5.41) is 11.5. The minimum absolute atomic E-state index is 0.102. The maximum absolute atomic E-state index is 12.9. The zero-order chi connectivity index (χ0) is 22.2. The molecule has 10 heteroatoms. The third-order valence-electron chi connectivity index (χ3n) is 4.51. The molecule has 6 nitrogen and oxygen atoms in total. The van der Waals surface area contributed by atoms with Crippen molar-refractivity contribution in [3.05, 3.63) is 68.6 Å². The number of fused-ring (bicyclic) bond motifs is 1. The number of hydrogen-bond acceptors (Lipinski definition) is 3. The summed E-state index contributed by atoms with van der Waals surface area (Å²) in [4.78, 5) is 24.5. The van der Waals surface area contributed by atoms with Crippen molar-refractivity contribution < 1.29 is 18.0 Å². The van der Waals surface area contributed by atoms with Crippen molar-refractivity contribution in [1.29, 1.82) is 5.26 Å². The number of anilines is 1. The number of aryl methyl sites for hydroxylation is 2. The molecule has 0 unspecified atom stereocenters. The van der Waals surface area contributed by atoms with E-state index in [1.807, 2.05) is 0 Å². The fourth-order valence-electron chi connectivity index (χ4n) is 2.92. The molecular weight excluding hydrogens is 421 g/mol. The lowest BCUT2D eigenvalue weighted by Gasteiger charge is -2.11. The van der Waals surface area contributed by atoms with Crippen LogP contribution in [-0.4, -0.2) is 15.0 Å². The first-order chi connectivity index (χ1) is 14.0. The number of imidazole rings is 1. The SMILES string of the molecule is Cn1c(=O)n(C)c2cc(C=C(C#N)C(=O)Nc3cc(C(F)(F)F)ccc3Cl)ccc21. The van der Waals surface area contributed by atoms with Crippen molar-refractivity contribution in [1.82, 2.24) is 9.13 Å². The lowest BCUT2D eigenvalue weighted by atomic mass is 10.1. The van der Waals surface area contributed by atoms with Gasteiger partial charge in [-0.05, 0) is 42.0 Å². The molecule has 0 aliphatic rings. The van der Waals surface area contributed by atoms with Gasteiger partial charge in [-0.15, -0.1) is 0 Å². The molecule has 2 aromatic carbocycles. The summed E-state index contributed by atoms with van der Waals surface area (Å²) in [7, 11) is 3.21. The van der Waals surface area contributed by atoms with Crippen LogP contribution >= 0.6 is 11.6 Å². The highest BCUT2D eigenvalue weighted by molar-refractivity contribution is 6.34. The topological polar surface area (TPSA) is 79.8 Å². The average molecular weight is 435 g/mol. The molecule has 1 N–H and O–H groups in total. The van der Waals surface area contributed by atoms with Crippen LogP contribution in [-0.2, 0) is 25.1 Å². The number of aromatic nitrogens is 2.